The summed E-state index contributed by atoms with van der Waals surface area (Å²) < 4.78 is 5.90. The molecule has 1 fully saturated rings. The Morgan fingerprint density at radius 3 is 2.59 bits per heavy atom. The predicted octanol–water partition coefficient (Wildman–Crippen LogP) is 2.87. The minimum absolute atomic E-state index is 0.435. The van der Waals surface area contributed by atoms with Gasteiger partial charge in [-0.2, -0.15) is 0 Å². The summed E-state index contributed by atoms with van der Waals surface area (Å²) in [7, 11) is 0. The van der Waals surface area contributed by atoms with E-state index in [1.807, 2.05) is 6.07 Å². The van der Waals surface area contributed by atoms with Crippen LogP contribution < -0.4 is 11.1 Å². The second kappa shape index (κ2) is 10.2. The third-order valence-corrected chi connectivity index (χ3v) is 4.09. The van der Waals surface area contributed by atoms with Gasteiger partial charge < -0.3 is 15.8 Å². The Kier molecular flexibility index (Phi) is 7.81. The highest BCUT2D eigenvalue weighted by atomic mass is 16.5. The molecule has 0 amide bonds. The first-order valence-electron chi connectivity index (χ1n) is 8.54. The van der Waals surface area contributed by atoms with Crippen LogP contribution in [0, 0.1) is 0 Å². The van der Waals surface area contributed by atoms with Gasteiger partial charge in [0.1, 0.15) is 0 Å². The average Bonchev–Trinajstić information content (AvgIpc) is 2.81. The summed E-state index contributed by atoms with van der Waals surface area (Å²) in [5.41, 5.74) is 7.17. The van der Waals surface area contributed by atoms with E-state index in [0.29, 0.717) is 25.2 Å². The van der Waals surface area contributed by atoms with Gasteiger partial charge in [0.05, 0.1) is 19.3 Å². The first kappa shape index (κ1) is 16.8. The Balaban J connectivity index is 1.55. The first-order chi connectivity index (χ1) is 10.8. The number of nitrogens with zero attached hydrogens (tertiary/aromatic N) is 1. The third-order valence-electron chi connectivity index (χ3n) is 4.09. The normalized spacial score (nSPS) is 17.2. The van der Waals surface area contributed by atoms with Crippen molar-refractivity contribution in [2.24, 2.45) is 10.7 Å². The molecule has 22 heavy (non-hydrogen) atoms. The van der Waals surface area contributed by atoms with Gasteiger partial charge in [-0.25, -0.2) is 0 Å². The van der Waals surface area contributed by atoms with Crippen molar-refractivity contribution in [1.29, 1.82) is 0 Å². The maximum absolute atomic E-state index is 5.90. The topological polar surface area (TPSA) is 59.6 Å². The Morgan fingerprint density at radius 2 is 1.86 bits per heavy atom. The average molecular weight is 303 g/mol. The van der Waals surface area contributed by atoms with Gasteiger partial charge in [0.2, 0.25) is 0 Å². The molecule has 0 aromatic heterocycles. The molecular weight excluding hydrogens is 274 g/mol. The number of guanidine groups is 1. The maximum Gasteiger partial charge on any atom is 0.188 e. The van der Waals surface area contributed by atoms with Gasteiger partial charge in [0, 0.05) is 6.54 Å². The van der Waals surface area contributed by atoms with E-state index in [2.05, 4.69) is 34.6 Å². The van der Waals surface area contributed by atoms with Gasteiger partial charge in [-0.3, -0.25) is 4.99 Å². The lowest BCUT2D eigenvalue weighted by molar-refractivity contribution is 0.0487. The lowest BCUT2D eigenvalue weighted by Crippen LogP contribution is -2.33. The van der Waals surface area contributed by atoms with Crippen LogP contribution in [0.25, 0.3) is 0 Å². The SMILES string of the molecule is NC(=NCCOC1CCCCCC1)NCCc1ccccc1. The minimum atomic E-state index is 0.435. The lowest BCUT2D eigenvalue weighted by atomic mass is 10.1. The largest absolute Gasteiger partial charge is 0.376 e. The van der Waals surface area contributed by atoms with Crippen LogP contribution >= 0.6 is 0 Å². The Labute approximate surface area is 134 Å². The van der Waals surface area contributed by atoms with E-state index in [-0.39, 0.29) is 0 Å². The highest BCUT2D eigenvalue weighted by Gasteiger charge is 2.11. The zero-order valence-corrected chi connectivity index (χ0v) is 13.5. The van der Waals surface area contributed by atoms with Crippen LogP contribution in [-0.2, 0) is 11.2 Å². The van der Waals surface area contributed by atoms with E-state index in [4.69, 9.17) is 10.5 Å². The molecule has 1 aromatic rings. The lowest BCUT2D eigenvalue weighted by Gasteiger charge is -2.14. The second-order valence-electron chi connectivity index (χ2n) is 5.91. The number of benzene rings is 1. The molecule has 0 saturated heterocycles. The molecule has 0 radical (unpaired) electrons. The molecule has 122 valence electrons. The van der Waals surface area contributed by atoms with Crippen molar-refractivity contribution in [3.8, 4) is 0 Å². The van der Waals surface area contributed by atoms with Crippen LogP contribution in [0.5, 0.6) is 0 Å². The quantitative estimate of drug-likeness (QED) is 0.352. The monoisotopic (exact) mass is 303 g/mol. The molecule has 4 heteroatoms. The molecule has 0 spiro atoms. The van der Waals surface area contributed by atoms with Gasteiger partial charge >= 0.3 is 0 Å². The molecule has 1 aliphatic rings. The van der Waals surface area contributed by atoms with Gasteiger partial charge in [0.25, 0.3) is 0 Å². The van der Waals surface area contributed by atoms with E-state index in [1.54, 1.807) is 0 Å². The molecule has 2 rings (SSSR count). The Bertz CT molecular complexity index is 425. The fourth-order valence-corrected chi connectivity index (χ4v) is 2.83. The van der Waals surface area contributed by atoms with Crippen LogP contribution in [0.3, 0.4) is 0 Å². The van der Waals surface area contributed by atoms with Crippen LogP contribution in [0.2, 0.25) is 0 Å². The number of nitrogens with one attached hydrogen (secondary N) is 1. The fraction of sp³-hybridized carbons (Fsp3) is 0.611. The summed E-state index contributed by atoms with van der Waals surface area (Å²) in [5.74, 6) is 0.514. The number of hydrogen-bond acceptors (Lipinski definition) is 2. The molecule has 1 aliphatic carbocycles. The van der Waals surface area contributed by atoms with Gasteiger partial charge in [-0.1, -0.05) is 56.0 Å². The highest BCUT2D eigenvalue weighted by molar-refractivity contribution is 5.77. The number of hydrogen-bond donors (Lipinski definition) is 2. The standard InChI is InChI=1S/C18H29N3O/c19-18(20-13-12-16-8-4-3-5-9-16)21-14-15-22-17-10-6-1-2-7-11-17/h3-5,8-9,17H,1-2,6-7,10-15H2,(H3,19,20,21). The molecular formula is C18H29N3O. The van der Waals surface area contributed by atoms with Crippen molar-refractivity contribution < 1.29 is 4.74 Å². The number of rotatable bonds is 7. The summed E-state index contributed by atoms with van der Waals surface area (Å²) >= 11 is 0. The molecule has 1 aromatic carbocycles. The zero-order valence-electron chi connectivity index (χ0n) is 13.5. The minimum Gasteiger partial charge on any atom is -0.376 e. The van der Waals surface area contributed by atoms with E-state index >= 15 is 0 Å². The summed E-state index contributed by atoms with van der Waals surface area (Å²) in [6, 6.07) is 10.4. The summed E-state index contributed by atoms with van der Waals surface area (Å²) in [4.78, 5) is 4.32. The number of aliphatic imine (C=N–C) groups is 1. The Morgan fingerprint density at radius 1 is 1.14 bits per heavy atom. The summed E-state index contributed by atoms with van der Waals surface area (Å²) in [6.45, 7) is 2.12. The van der Waals surface area contributed by atoms with Crippen molar-refractivity contribution in [3.05, 3.63) is 35.9 Å². The van der Waals surface area contributed by atoms with Crippen molar-refractivity contribution in [3.63, 3.8) is 0 Å². The molecule has 0 bridgehead atoms. The van der Waals surface area contributed by atoms with Gasteiger partial charge in [-0.15, -0.1) is 0 Å². The van der Waals surface area contributed by atoms with Crippen LogP contribution in [-0.4, -0.2) is 31.8 Å². The van der Waals surface area contributed by atoms with Gasteiger partial charge in [0.15, 0.2) is 5.96 Å². The van der Waals surface area contributed by atoms with Crippen molar-refractivity contribution in [2.45, 2.75) is 51.0 Å². The number of nitrogens with two attached hydrogens (primary N) is 1. The molecule has 0 unspecified atom stereocenters. The molecule has 0 atom stereocenters. The summed E-state index contributed by atoms with van der Waals surface area (Å²) in [6.07, 6.45) is 9.12. The maximum atomic E-state index is 5.90. The smallest absolute Gasteiger partial charge is 0.188 e. The zero-order chi connectivity index (χ0) is 15.5. The van der Waals surface area contributed by atoms with Crippen LogP contribution in [0.15, 0.2) is 35.3 Å². The molecule has 4 nitrogen and oxygen atoms in total. The van der Waals surface area contributed by atoms with Crippen molar-refractivity contribution >= 4 is 5.96 Å². The first-order valence-corrected chi connectivity index (χ1v) is 8.54. The molecule has 0 aliphatic heterocycles. The van der Waals surface area contributed by atoms with Crippen molar-refractivity contribution in [1.82, 2.24) is 5.32 Å². The summed E-state index contributed by atoms with van der Waals surface area (Å²) in [5, 5.41) is 3.15. The fourth-order valence-electron chi connectivity index (χ4n) is 2.83. The van der Waals surface area contributed by atoms with E-state index in [9.17, 15) is 0 Å². The molecule has 0 heterocycles. The molecule has 1 saturated carbocycles. The van der Waals surface area contributed by atoms with E-state index < -0.39 is 0 Å². The van der Waals surface area contributed by atoms with E-state index in [1.165, 1.54) is 44.1 Å². The Hall–Kier alpha value is -1.55. The van der Waals surface area contributed by atoms with Crippen LogP contribution in [0.4, 0.5) is 0 Å². The van der Waals surface area contributed by atoms with Crippen molar-refractivity contribution in [2.75, 3.05) is 19.7 Å². The molecule has 3 N–H and O–H groups in total. The highest BCUT2D eigenvalue weighted by Crippen LogP contribution is 2.19. The van der Waals surface area contributed by atoms with E-state index in [0.717, 1.165) is 13.0 Å². The number of ether oxygens (including phenoxy) is 1. The second-order valence-corrected chi connectivity index (χ2v) is 5.91. The third kappa shape index (κ3) is 6.94. The predicted molar refractivity (Wildman–Crippen MR) is 92.1 cm³/mol. The van der Waals surface area contributed by atoms with Gasteiger partial charge in [-0.05, 0) is 24.8 Å². The van der Waals surface area contributed by atoms with Crippen LogP contribution in [0.1, 0.15) is 44.1 Å².